The quantitative estimate of drug-likeness (QED) is 0.811. The second-order valence-electron chi connectivity index (χ2n) is 4.04. The molecule has 1 rings (SSSR count). The molecule has 0 bridgehead atoms. The number of rotatable bonds is 5. The number of hydrogen-bond acceptors (Lipinski definition) is 4. The van der Waals surface area contributed by atoms with E-state index in [0.717, 1.165) is 15.6 Å². The van der Waals surface area contributed by atoms with Crippen LogP contribution in [-0.2, 0) is 4.74 Å². The monoisotopic (exact) mass is 256 g/mol. The Bertz CT molecular complexity index is 390. The number of carbonyl (C=O) groups is 1. The van der Waals surface area contributed by atoms with Gasteiger partial charge in [-0.15, -0.1) is 11.3 Å². The van der Waals surface area contributed by atoms with Crippen LogP contribution in [0.15, 0.2) is 0 Å². The van der Waals surface area contributed by atoms with E-state index < -0.39 is 0 Å². The lowest BCUT2D eigenvalue weighted by molar-refractivity contribution is 0.0583. The summed E-state index contributed by atoms with van der Waals surface area (Å²) in [6.07, 6.45) is 0. The lowest BCUT2D eigenvalue weighted by Crippen LogP contribution is -2.40. The fourth-order valence-electron chi connectivity index (χ4n) is 1.85. The molecule has 1 heterocycles. The van der Waals surface area contributed by atoms with Crippen LogP contribution in [0.2, 0.25) is 0 Å². The third-order valence-corrected chi connectivity index (χ3v) is 3.70. The molecule has 0 aliphatic rings. The Morgan fingerprint density at radius 1 is 1.53 bits per heavy atom. The van der Waals surface area contributed by atoms with Gasteiger partial charge >= 0.3 is 0 Å². The Kier molecular flexibility index (Phi) is 5.08. The van der Waals surface area contributed by atoms with Gasteiger partial charge in [-0.2, -0.15) is 0 Å². The van der Waals surface area contributed by atoms with E-state index in [4.69, 9.17) is 4.74 Å². The highest BCUT2D eigenvalue weighted by Crippen LogP contribution is 2.20. The smallest absolute Gasteiger partial charge is 0.266 e. The zero-order chi connectivity index (χ0) is 13.0. The highest BCUT2D eigenvalue weighted by Gasteiger charge is 2.23. The summed E-state index contributed by atoms with van der Waals surface area (Å²) in [5.74, 6) is 0.0557. The molecule has 0 radical (unpaired) electrons. The maximum atomic E-state index is 12.4. The maximum Gasteiger partial charge on any atom is 0.266 e. The van der Waals surface area contributed by atoms with Gasteiger partial charge in [-0.05, 0) is 27.7 Å². The Hall–Kier alpha value is -0.940. The zero-order valence-corrected chi connectivity index (χ0v) is 11.9. The van der Waals surface area contributed by atoms with Crippen LogP contribution in [0.4, 0.5) is 0 Å². The van der Waals surface area contributed by atoms with Crippen molar-refractivity contribution < 1.29 is 9.53 Å². The first kappa shape index (κ1) is 14.1. The van der Waals surface area contributed by atoms with Crippen LogP contribution in [0, 0.1) is 13.8 Å². The molecular weight excluding hydrogens is 236 g/mol. The second-order valence-corrected chi connectivity index (χ2v) is 5.25. The molecule has 0 N–H and O–H groups in total. The third-order valence-electron chi connectivity index (χ3n) is 2.64. The van der Waals surface area contributed by atoms with Gasteiger partial charge in [0.05, 0.1) is 23.4 Å². The minimum Gasteiger partial charge on any atom is -0.383 e. The number of aryl methyl sites for hydroxylation is 2. The molecule has 5 heteroatoms. The van der Waals surface area contributed by atoms with E-state index in [2.05, 4.69) is 4.98 Å². The largest absolute Gasteiger partial charge is 0.383 e. The molecular formula is C12H20N2O2S. The van der Waals surface area contributed by atoms with Gasteiger partial charge in [-0.25, -0.2) is 4.98 Å². The van der Waals surface area contributed by atoms with Gasteiger partial charge in [-0.3, -0.25) is 4.79 Å². The molecule has 0 spiro atoms. The molecule has 0 aliphatic heterocycles. The molecule has 96 valence electrons. The molecule has 1 aromatic heterocycles. The van der Waals surface area contributed by atoms with E-state index in [1.807, 2.05) is 32.6 Å². The number of methoxy groups -OCH3 is 1. The summed E-state index contributed by atoms with van der Waals surface area (Å²) in [6.45, 7) is 9.01. The van der Waals surface area contributed by atoms with E-state index in [1.165, 1.54) is 11.3 Å². The first-order valence-electron chi connectivity index (χ1n) is 5.75. The predicted molar refractivity (Wildman–Crippen MR) is 69.6 cm³/mol. The Balaban J connectivity index is 2.89. The van der Waals surface area contributed by atoms with Crippen molar-refractivity contribution in [2.45, 2.75) is 33.7 Å². The average Bonchev–Trinajstić information content (AvgIpc) is 2.59. The number of ether oxygens (including phenoxy) is 1. The lowest BCUT2D eigenvalue weighted by Gasteiger charge is -2.27. The summed E-state index contributed by atoms with van der Waals surface area (Å²) >= 11 is 1.46. The van der Waals surface area contributed by atoms with Crippen LogP contribution < -0.4 is 0 Å². The number of carbonyl (C=O) groups excluding carboxylic acids is 1. The number of aromatic nitrogens is 1. The normalized spacial score (nSPS) is 12.5. The van der Waals surface area contributed by atoms with Crippen LogP contribution in [-0.4, -0.2) is 42.1 Å². The minimum atomic E-state index is 0.0557. The Morgan fingerprint density at radius 3 is 2.59 bits per heavy atom. The van der Waals surface area contributed by atoms with Crippen molar-refractivity contribution in [3.63, 3.8) is 0 Å². The first-order valence-corrected chi connectivity index (χ1v) is 6.56. The van der Waals surface area contributed by atoms with Crippen LogP contribution in [0.25, 0.3) is 0 Å². The van der Waals surface area contributed by atoms with E-state index in [0.29, 0.717) is 13.2 Å². The van der Waals surface area contributed by atoms with Gasteiger partial charge in [0, 0.05) is 13.7 Å². The fourth-order valence-corrected chi connectivity index (χ4v) is 2.72. The standard InChI is InChI=1S/C12H20N2O2S/c1-6-14(8(2)7-16-5)12(15)11-9(3)13-10(4)17-11/h8H,6-7H2,1-5H3/t8-/m1/s1. The number of amides is 1. The van der Waals surface area contributed by atoms with Crippen molar-refractivity contribution in [3.05, 3.63) is 15.6 Å². The van der Waals surface area contributed by atoms with E-state index in [1.54, 1.807) is 7.11 Å². The number of hydrogen-bond donors (Lipinski definition) is 0. The highest BCUT2D eigenvalue weighted by atomic mass is 32.1. The molecule has 0 aliphatic carbocycles. The summed E-state index contributed by atoms with van der Waals surface area (Å²) in [5, 5.41) is 0.932. The third kappa shape index (κ3) is 3.26. The fraction of sp³-hybridized carbons (Fsp3) is 0.667. The van der Waals surface area contributed by atoms with Crippen LogP contribution in [0.1, 0.15) is 34.2 Å². The van der Waals surface area contributed by atoms with Gasteiger partial charge in [0.15, 0.2) is 0 Å². The number of nitrogens with zero attached hydrogens (tertiary/aromatic N) is 2. The molecule has 0 saturated heterocycles. The summed E-state index contributed by atoms with van der Waals surface area (Å²) in [5.41, 5.74) is 0.820. The molecule has 0 fully saturated rings. The molecule has 1 amide bonds. The SMILES string of the molecule is CCN(C(=O)c1sc(C)nc1C)[C@H](C)COC. The molecule has 17 heavy (non-hydrogen) atoms. The lowest BCUT2D eigenvalue weighted by atomic mass is 10.2. The predicted octanol–water partition coefficient (Wildman–Crippen LogP) is 2.26. The maximum absolute atomic E-state index is 12.4. The number of thiazole rings is 1. The van der Waals surface area contributed by atoms with Crippen LogP contribution in [0.5, 0.6) is 0 Å². The molecule has 1 atom stereocenters. The molecule has 4 nitrogen and oxygen atoms in total. The van der Waals surface area contributed by atoms with Gasteiger partial charge in [0.2, 0.25) is 0 Å². The van der Waals surface area contributed by atoms with E-state index in [9.17, 15) is 4.79 Å². The average molecular weight is 256 g/mol. The van der Waals surface area contributed by atoms with Gasteiger partial charge in [0.1, 0.15) is 4.88 Å². The molecule has 0 unspecified atom stereocenters. The van der Waals surface area contributed by atoms with Crippen LogP contribution in [0.3, 0.4) is 0 Å². The topological polar surface area (TPSA) is 42.4 Å². The van der Waals surface area contributed by atoms with Crippen molar-refractivity contribution in [1.29, 1.82) is 0 Å². The molecule has 1 aromatic rings. The summed E-state index contributed by atoms with van der Waals surface area (Å²) in [7, 11) is 1.65. The van der Waals surface area contributed by atoms with Gasteiger partial charge in [-0.1, -0.05) is 0 Å². The van der Waals surface area contributed by atoms with Crippen molar-refractivity contribution >= 4 is 17.2 Å². The van der Waals surface area contributed by atoms with Crippen molar-refractivity contribution in [2.24, 2.45) is 0 Å². The highest BCUT2D eigenvalue weighted by molar-refractivity contribution is 7.13. The summed E-state index contributed by atoms with van der Waals surface area (Å²) in [4.78, 5) is 19.2. The zero-order valence-electron chi connectivity index (χ0n) is 11.1. The van der Waals surface area contributed by atoms with Crippen molar-refractivity contribution in [2.75, 3.05) is 20.3 Å². The summed E-state index contributed by atoms with van der Waals surface area (Å²) < 4.78 is 5.10. The van der Waals surface area contributed by atoms with Crippen molar-refractivity contribution in [1.82, 2.24) is 9.88 Å². The second kappa shape index (κ2) is 6.12. The first-order chi connectivity index (χ1) is 8.01. The van der Waals surface area contributed by atoms with Crippen LogP contribution >= 0.6 is 11.3 Å². The van der Waals surface area contributed by atoms with Gasteiger partial charge < -0.3 is 9.64 Å². The Labute approximate surface area is 107 Å². The van der Waals surface area contributed by atoms with E-state index in [-0.39, 0.29) is 11.9 Å². The molecule has 0 aromatic carbocycles. The van der Waals surface area contributed by atoms with Crippen molar-refractivity contribution in [3.8, 4) is 0 Å². The molecule has 0 saturated carbocycles. The minimum absolute atomic E-state index is 0.0557. The summed E-state index contributed by atoms with van der Waals surface area (Å²) in [6, 6.07) is 0.0827. The number of likely N-dealkylation sites (N-methyl/N-ethyl adjacent to an activating group) is 1. The Morgan fingerprint density at radius 2 is 2.18 bits per heavy atom. The van der Waals surface area contributed by atoms with Gasteiger partial charge in [0.25, 0.3) is 5.91 Å². The van der Waals surface area contributed by atoms with E-state index >= 15 is 0 Å².